The molecule has 4 heterocycles. The van der Waals surface area contributed by atoms with Gasteiger partial charge in [-0.05, 0) is 88.7 Å². The minimum absolute atomic E-state index is 0.00818. The molecule has 10 nitrogen and oxygen atoms in total. The molecule has 0 bridgehead atoms. The van der Waals surface area contributed by atoms with Gasteiger partial charge in [0.15, 0.2) is 5.41 Å². The number of hydrogen-bond acceptors (Lipinski definition) is 8. The Kier molecular flexibility index (Phi) is 9.10. The number of urea groups is 1. The van der Waals surface area contributed by atoms with Gasteiger partial charge in [-0.25, -0.2) is 4.79 Å². The van der Waals surface area contributed by atoms with Gasteiger partial charge in [0.05, 0.1) is 0 Å². The van der Waals surface area contributed by atoms with Gasteiger partial charge in [-0.2, -0.15) is 31.3 Å². The van der Waals surface area contributed by atoms with Gasteiger partial charge in [-0.15, -0.1) is 0 Å². The number of carbonyl (C=O) groups excluding carboxylic acids is 2. The number of amides is 3. The van der Waals surface area contributed by atoms with Gasteiger partial charge in [0.25, 0.3) is 5.91 Å². The van der Waals surface area contributed by atoms with Crippen molar-refractivity contribution in [1.82, 2.24) is 25.3 Å². The fourth-order valence-electron chi connectivity index (χ4n) is 5.97. The average Bonchev–Trinajstić information content (AvgIpc) is 3.53. The zero-order chi connectivity index (χ0) is 32.6. The summed E-state index contributed by atoms with van der Waals surface area (Å²) in [7, 11) is 0. The number of rotatable bonds is 9. The van der Waals surface area contributed by atoms with Crippen LogP contribution in [0.1, 0.15) is 50.5 Å². The minimum Gasteiger partial charge on any atom is -0.492 e. The van der Waals surface area contributed by atoms with Gasteiger partial charge in [-0.3, -0.25) is 9.69 Å². The third kappa shape index (κ3) is 6.35. The number of halogens is 6. The van der Waals surface area contributed by atoms with Crippen molar-refractivity contribution in [3.8, 4) is 17.1 Å². The first kappa shape index (κ1) is 33.0. The van der Waals surface area contributed by atoms with E-state index in [1.165, 1.54) is 25.1 Å². The van der Waals surface area contributed by atoms with E-state index in [-0.39, 0.29) is 42.4 Å². The maximum atomic E-state index is 13.7. The Labute approximate surface area is 255 Å². The number of piperidine rings is 1. The van der Waals surface area contributed by atoms with Crippen molar-refractivity contribution < 1.29 is 49.9 Å². The van der Waals surface area contributed by atoms with Crippen LogP contribution in [-0.4, -0.2) is 89.2 Å². The number of aryl methyl sites for hydroxylation is 1. The predicted molar refractivity (Wildman–Crippen MR) is 146 cm³/mol. The second-order valence-electron chi connectivity index (χ2n) is 12.1. The van der Waals surface area contributed by atoms with Crippen LogP contribution in [0.2, 0.25) is 0 Å². The Morgan fingerprint density at radius 2 is 1.73 bits per heavy atom. The monoisotopic (exact) mass is 647 g/mol. The first-order valence-electron chi connectivity index (χ1n) is 14.8. The highest BCUT2D eigenvalue weighted by atomic mass is 19.4. The van der Waals surface area contributed by atoms with Crippen LogP contribution in [0.15, 0.2) is 22.7 Å². The van der Waals surface area contributed by atoms with E-state index in [1.54, 1.807) is 4.90 Å². The smallest absolute Gasteiger partial charge is 0.406 e. The van der Waals surface area contributed by atoms with Gasteiger partial charge >= 0.3 is 18.4 Å². The molecule has 3 fully saturated rings. The minimum atomic E-state index is -5.58. The van der Waals surface area contributed by atoms with Gasteiger partial charge < -0.3 is 24.2 Å². The highest BCUT2D eigenvalue weighted by molar-refractivity contribution is 6.07. The van der Waals surface area contributed by atoms with Crippen molar-refractivity contribution in [2.45, 2.75) is 70.4 Å². The first-order chi connectivity index (χ1) is 21.2. The third-order valence-electron chi connectivity index (χ3n) is 9.12. The molecule has 0 saturated carbocycles. The van der Waals surface area contributed by atoms with E-state index in [0.29, 0.717) is 57.2 Å². The van der Waals surface area contributed by atoms with E-state index >= 15 is 0 Å². The topological polar surface area (TPSA) is 110 Å². The molecular weight excluding hydrogens is 612 g/mol. The molecule has 0 atom stereocenters. The normalized spacial score (nSPS) is 20.0. The summed E-state index contributed by atoms with van der Waals surface area (Å²) in [5.74, 6) is -0.0355. The highest BCUT2D eigenvalue weighted by Crippen LogP contribution is 2.50. The quantitative estimate of drug-likeness (QED) is 0.290. The molecule has 3 amide bonds. The van der Waals surface area contributed by atoms with Crippen molar-refractivity contribution in [2.24, 2.45) is 11.3 Å². The fourth-order valence-corrected chi connectivity index (χ4v) is 5.97. The van der Waals surface area contributed by atoms with Crippen LogP contribution in [0.5, 0.6) is 5.75 Å². The maximum Gasteiger partial charge on any atom is 0.406 e. The summed E-state index contributed by atoms with van der Waals surface area (Å²) in [5, 5.41) is 7.16. The lowest BCUT2D eigenvalue weighted by Gasteiger charge is -2.39. The lowest BCUT2D eigenvalue weighted by Crippen LogP contribution is -2.56. The van der Waals surface area contributed by atoms with Crippen LogP contribution < -0.4 is 10.1 Å². The molecule has 0 radical (unpaired) electrons. The molecule has 3 aliphatic rings. The van der Waals surface area contributed by atoms with Crippen LogP contribution in [-0.2, 0) is 16.1 Å². The molecule has 1 N–H and O–H groups in total. The van der Waals surface area contributed by atoms with E-state index in [0.717, 1.165) is 24.2 Å². The average molecular weight is 648 g/mol. The van der Waals surface area contributed by atoms with Crippen LogP contribution in [0.3, 0.4) is 0 Å². The Morgan fingerprint density at radius 3 is 2.36 bits per heavy atom. The number of imide groups is 1. The summed E-state index contributed by atoms with van der Waals surface area (Å²) in [6.45, 7) is 2.59. The summed E-state index contributed by atoms with van der Waals surface area (Å²) in [5.41, 5.74) is -4.43. The van der Waals surface area contributed by atoms with Gasteiger partial charge in [-0.1, -0.05) is 5.16 Å². The maximum absolute atomic E-state index is 13.7. The Bertz CT molecular complexity index is 1370. The highest BCUT2D eigenvalue weighted by Gasteiger charge is 2.68. The molecule has 3 saturated heterocycles. The van der Waals surface area contributed by atoms with Crippen LogP contribution in [0, 0.1) is 18.3 Å². The number of nitrogens with zero attached hydrogens (tertiary/aromatic N) is 4. The molecule has 248 valence electrons. The molecule has 0 unspecified atom stereocenters. The van der Waals surface area contributed by atoms with Crippen molar-refractivity contribution in [2.75, 3.05) is 39.5 Å². The zero-order valence-electron chi connectivity index (χ0n) is 24.9. The largest absolute Gasteiger partial charge is 0.492 e. The molecule has 1 spiro atoms. The SMILES string of the molecule is Cc1cc(-c2noc(CN3C(=O)N(CCC4CCOCC4)C4(CCNCC4)C3=O)n2)ccc1OCC(C)(C(F)(F)F)C(F)(F)F. The molecule has 1 aromatic heterocycles. The van der Waals surface area contributed by atoms with E-state index in [1.807, 2.05) is 0 Å². The first-order valence-corrected chi connectivity index (χ1v) is 14.8. The lowest BCUT2D eigenvalue weighted by molar-refractivity contribution is -0.340. The van der Waals surface area contributed by atoms with E-state index < -0.39 is 35.9 Å². The Balaban J connectivity index is 1.28. The van der Waals surface area contributed by atoms with E-state index in [4.69, 9.17) is 14.0 Å². The van der Waals surface area contributed by atoms with Crippen LogP contribution in [0.25, 0.3) is 11.4 Å². The lowest BCUT2D eigenvalue weighted by atomic mass is 9.86. The van der Waals surface area contributed by atoms with E-state index in [2.05, 4.69) is 15.5 Å². The van der Waals surface area contributed by atoms with Crippen molar-refractivity contribution in [3.05, 3.63) is 29.7 Å². The number of carbonyl (C=O) groups is 2. The number of nitrogens with one attached hydrogen (secondary N) is 1. The molecule has 3 aliphatic heterocycles. The van der Waals surface area contributed by atoms with Crippen molar-refractivity contribution in [3.63, 3.8) is 0 Å². The van der Waals surface area contributed by atoms with Crippen molar-refractivity contribution in [1.29, 1.82) is 0 Å². The molecule has 0 aliphatic carbocycles. The Morgan fingerprint density at radius 1 is 1.07 bits per heavy atom. The third-order valence-corrected chi connectivity index (χ3v) is 9.12. The number of alkyl halides is 6. The predicted octanol–water partition coefficient (Wildman–Crippen LogP) is 5.26. The summed E-state index contributed by atoms with van der Waals surface area (Å²) in [6.07, 6.45) is -7.61. The second-order valence-corrected chi connectivity index (χ2v) is 12.1. The van der Waals surface area contributed by atoms with Crippen LogP contribution in [0.4, 0.5) is 31.1 Å². The van der Waals surface area contributed by atoms with Crippen molar-refractivity contribution >= 4 is 11.9 Å². The summed E-state index contributed by atoms with van der Waals surface area (Å²) >= 11 is 0. The summed E-state index contributed by atoms with van der Waals surface area (Å²) in [6, 6.07) is 3.59. The molecule has 45 heavy (non-hydrogen) atoms. The molecule has 16 heteroatoms. The fraction of sp³-hybridized carbons (Fsp3) is 0.655. The second kappa shape index (κ2) is 12.4. The number of ether oxygens (including phenoxy) is 2. The summed E-state index contributed by atoms with van der Waals surface area (Å²) < 4.78 is 95.2. The van der Waals surface area contributed by atoms with Crippen LogP contribution >= 0.6 is 0 Å². The number of benzene rings is 1. The van der Waals surface area contributed by atoms with E-state index in [9.17, 15) is 35.9 Å². The number of hydrogen-bond donors (Lipinski definition) is 1. The zero-order valence-corrected chi connectivity index (χ0v) is 24.9. The molecular formula is C29H35F6N5O5. The van der Waals surface area contributed by atoms with Gasteiger partial charge in [0.1, 0.15) is 24.4 Å². The Hall–Kier alpha value is -3.40. The standard InChI is InChI=1S/C29H35F6N5O5/c1-18-15-20(3-4-21(18)44-17-26(2,28(30,31)32)29(33,34)35)23-37-22(45-38-23)16-39-24(41)27(8-10-36-11-9-27)40(25(39)42)12-5-19-6-13-43-14-7-19/h3-4,15,19,36H,5-14,16-17H2,1-2H3. The molecule has 5 rings (SSSR count). The van der Waals surface area contributed by atoms with Gasteiger partial charge in [0, 0.05) is 25.3 Å². The summed E-state index contributed by atoms with van der Waals surface area (Å²) in [4.78, 5) is 34.5. The molecule has 2 aromatic rings. The number of aromatic nitrogens is 2. The molecule has 1 aromatic carbocycles. The van der Waals surface area contributed by atoms with Gasteiger partial charge in [0.2, 0.25) is 11.7 Å².